The fourth-order valence-corrected chi connectivity index (χ4v) is 5.06. The Morgan fingerprint density at radius 1 is 1.14 bits per heavy atom. The number of carbonyl (C=O) groups excluding carboxylic acids is 2. The van der Waals surface area contributed by atoms with Crippen molar-refractivity contribution >= 4 is 52.5 Å². The zero-order valence-corrected chi connectivity index (χ0v) is 21.4. The second-order valence-electron chi connectivity index (χ2n) is 8.32. The lowest BCUT2D eigenvalue weighted by atomic mass is 9.82. The number of thioether (sulfide) groups is 1. The highest BCUT2D eigenvalue weighted by molar-refractivity contribution is 8.00. The van der Waals surface area contributed by atoms with E-state index in [2.05, 4.69) is 10.6 Å². The lowest BCUT2D eigenvalue weighted by molar-refractivity contribution is -0.146. The molecule has 0 aromatic heterocycles. The second kappa shape index (κ2) is 12.1. The number of rotatable bonds is 9. The number of hydrogen-bond acceptors (Lipinski definition) is 5. The minimum Gasteiger partial charge on any atom is -0.495 e. The van der Waals surface area contributed by atoms with E-state index in [0.717, 1.165) is 10.5 Å². The Hall–Kier alpha value is -2.97. The van der Waals surface area contributed by atoms with Gasteiger partial charge in [0.1, 0.15) is 5.75 Å². The van der Waals surface area contributed by atoms with Crippen LogP contribution in [0.25, 0.3) is 0 Å². The molecule has 3 N–H and O–H groups in total. The Labute approximate surface area is 214 Å². The zero-order chi connectivity index (χ0) is 25.5. The van der Waals surface area contributed by atoms with Gasteiger partial charge in [-0.2, -0.15) is 0 Å². The monoisotopic (exact) mass is 516 g/mol. The topological polar surface area (TPSA) is 105 Å². The van der Waals surface area contributed by atoms with Gasteiger partial charge in [0.05, 0.1) is 29.9 Å². The smallest absolute Gasteiger partial charge is 0.307 e. The van der Waals surface area contributed by atoms with Gasteiger partial charge in [-0.25, -0.2) is 0 Å². The molecule has 2 aromatic rings. The maximum atomic E-state index is 13.0. The van der Waals surface area contributed by atoms with E-state index >= 15 is 0 Å². The molecular formula is C26H29ClN2O5S. The van der Waals surface area contributed by atoms with Crippen molar-refractivity contribution in [2.24, 2.45) is 11.8 Å². The van der Waals surface area contributed by atoms with Gasteiger partial charge in [0.15, 0.2) is 0 Å². The number of carboxylic acids is 1. The molecular weight excluding hydrogens is 488 g/mol. The first-order valence-electron chi connectivity index (χ1n) is 11.3. The Morgan fingerprint density at radius 2 is 1.86 bits per heavy atom. The SMILES string of the molecule is CCC(Sc1cccc(NC(=O)C2CC=CCC2C(=O)O)c1)C(=O)Nc1cc(C)c(Cl)cc1OC. The predicted molar refractivity (Wildman–Crippen MR) is 139 cm³/mol. The number of nitrogens with one attached hydrogen (secondary N) is 2. The summed E-state index contributed by atoms with van der Waals surface area (Å²) in [5.74, 6) is -2.34. The highest BCUT2D eigenvalue weighted by Crippen LogP contribution is 2.34. The number of methoxy groups -OCH3 is 1. The van der Waals surface area contributed by atoms with Gasteiger partial charge in [-0.3, -0.25) is 14.4 Å². The molecule has 0 fully saturated rings. The molecule has 35 heavy (non-hydrogen) atoms. The van der Waals surface area contributed by atoms with Gasteiger partial charge in [0.2, 0.25) is 11.8 Å². The molecule has 1 aliphatic rings. The van der Waals surface area contributed by atoms with E-state index in [4.69, 9.17) is 16.3 Å². The lowest BCUT2D eigenvalue weighted by Crippen LogP contribution is -2.34. The van der Waals surface area contributed by atoms with Crippen LogP contribution >= 0.6 is 23.4 Å². The number of amides is 2. The molecule has 0 bridgehead atoms. The van der Waals surface area contributed by atoms with Crippen LogP contribution in [0.4, 0.5) is 11.4 Å². The standard InChI is InChI=1S/C26H29ClN2O5S/c1-4-23(25(31)29-21-12-15(2)20(27)14-22(21)34-3)35-17-9-7-8-16(13-17)28-24(30)18-10-5-6-11-19(18)26(32)33/h5-9,12-14,18-19,23H,4,10-11H2,1-3H3,(H,28,30)(H,29,31)(H,32,33). The minimum absolute atomic E-state index is 0.176. The summed E-state index contributed by atoms with van der Waals surface area (Å²) < 4.78 is 5.35. The largest absolute Gasteiger partial charge is 0.495 e. The number of aryl methyl sites for hydroxylation is 1. The number of hydrogen-bond donors (Lipinski definition) is 3. The number of halogens is 1. The fourth-order valence-electron chi connectivity index (χ4n) is 3.89. The van der Waals surface area contributed by atoms with E-state index in [1.807, 2.05) is 26.0 Å². The zero-order valence-electron chi connectivity index (χ0n) is 19.8. The molecule has 1 aliphatic carbocycles. The van der Waals surface area contributed by atoms with Crippen molar-refractivity contribution in [1.82, 2.24) is 0 Å². The Morgan fingerprint density at radius 3 is 2.51 bits per heavy atom. The quantitative estimate of drug-likeness (QED) is 0.288. The Balaban J connectivity index is 1.69. The van der Waals surface area contributed by atoms with Crippen molar-refractivity contribution < 1.29 is 24.2 Å². The summed E-state index contributed by atoms with van der Waals surface area (Å²) in [7, 11) is 1.52. The van der Waals surface area contributed by atoms with Crippen LogP contribution in [0, 0.1) is 18.8 Å². The van der Waals surface area contributed by atoms with Crippen molar-refractivity contribution in [3.05, 3.63) is 59.1 Å². The highest BCUT2D eigenvalue weighted by Gasteiger charge is 2.34. The van der Waals surface area contributed by atoms with E-state index in [-0.39, 0.29) is 17.1 Å². The minimum atomic E-state index is -0.969. The molecule has 0 saturated carbocycles. The summed E-state index contributed by atoms with van der Waals surface area (Å²) in [5, 5.41) is 15.4. The molecule has 0 radical (unpaired) electrons. The number of carboxylic acid groups (broad SMARTS) is 1. The summed E-state index contributed by atoms with van der Waals surface area (Å²) in [5.41, 5.74) is 1.93. The van der Waals surface area contributed by atoms with Gasteiger partial charge in [-0.15, -0.1) is 11.8 Å². The number of allylic oxidation sites excluding steroid dienone is 2. The van der Waals surface area contributed by atoms with Crippen molar-refractivity contribution in [3.63, 3.8) is 0 Å². The Kier molecular flexibility index (Phi) is 9.23. The fraction of sp³-hybridized carbons (Fsp3) is 0.346. The van der Waals surface area contributed by atoms with Crippen LogP contribution in [0.5, 0.6) is 5.75 Å². The van der Waals surface area contributed by atoms with Crippen molar-refractivity contribution in [3.8, 4) is 5.75 Å². The van der Waals surface area contributed by atoms with Crippen LogP contribution in [-0.2, 0) is 14.4 Å². The van der Waals surface area contributed by atoms with E-state index in [1.165, 1.54) is 18.9 Å². The maximum Gasteiger partial charge on any atom is 0.307 e. The summed E-state index contributed by atoms with van der Waals surface area (Å²) in [6, 6.07) is 10.6. The first-order valence-corrected chi connectivity index (χ1v) is 12.6. The average Bonchev–Trinajstić information content (AvgIpc) is 2.84. The summed E-state index contributed by atoms with van der Waals surface area (Å²) in [6.45, 7) is 3.78. The molecule has 0 spiro atoms. The number of carbonyl (C=O) groups is 3. The number of aliphatic carboxylic acids is 1. The number of ether oxygens (including phenoxy) is 1. The summed E-state index contributed by atoms with van der Waals surface area (Å²) in [6.07, 6.45) is 4.96. The highest BCUT2D eigenvalue weighted by atomic mass is 35.5. The second-order valence-corrected chi connectivity index (χ2v) is 10.0. The molecule has 9 heteroatoms. The van der Waals surface area contributed by atoms with Crippen molar-refractivity contribution in [1.29, 1.82) is 0 Å². The van der Waals surface area contributed by atoms with Crippen LogP contribution in [0.1, 0.15) is 31.7 Å². The molecule has 186 valence electrons. The van der Waals surface area contributed by atoms with Gasteiger partial charge < -0.3 is 20.5 Å². The van der Waals surface area contributed by atoms with Gasteiger partial charge in [0.25, 0.3) is 0 Å². The normalized spacial score (nSPS) is 17.9. The molecule has 3 atom stereocenters. The van der Waals surface area contributed by atoms with Crippen LogP contribution in [0.15, 0.2) is 53.4 Å². The van der Waals surface area contributed by atoms with E-state index in [9.17, 15) is 19.5 Å². The molecule has 7 nitrogen and oxygen atoms in total. The summed E-state index contributed by atoms with van der Waals surface area (Å²) >= 11 is 7.55. The average molecular weight is 517 g/mol. The van der Waals surface area contributed by atoms with E-state index < -0.39 is 17.8 Å². The molecule has 2 amide bonds. The van der Waals surface area contributed by atoms with Gasteiger partial charge in [-0.1, -0.05) is 36.7 Å². The molecule has 3 rings (SSSR count). The third kappa shape index (κ3) is 6.80. The third-order valence-corrected chi connectivity index (χ3v) is 7.63. The predicted octanol–water partition coefficient (Wildman–Crippen LogP) is 5.77. The van der Waals surface area contributed by atoms with Gasteiger partial charge in [-0.05, 0) is 56.0 Å². The van der Waals surface area contributed by atoms with Gasteiger partial charge in [0, 0.05) is 21.7 Å². The van der Waals surface area contributed by atoms with Crippen LogP contribution in [0.2, 0.25) is 5.02 Å². The lowest BCUT2D eigenvalue weighted by Gasteiger charge is -2.24. The number of benzene rings is 2. The first kappa shape index (κ1) is 26.6. The van der Waals surface area contributed by atoms with Crippen LogP contribution in [0.3, 0.4) is 0 Å². The van der Waals surface area contributed by atoms with E-state index in [0.29, 0.717) is 41.4 Å². The molecule has 0 saturated heterocycles. The van der Waals surface area contributed by atoms with Gasteiger partial charge >= 0.3 is 5.97 Å². The third-order valence-electron chi connectivity index (χ3n) is 5.87. The summed E-state index contributed by atoms with van der Waals surface area (Å²) in [4.78, 5) is 38.2. The molecule has 0 heterocycles. The maximum absolute atomic E-state index is 13.0. The first-order chi connectivity index (χ1) is 16.7. The van der Waals surface area contributed by atoms with Crippen molar-refractivity contribution in [2.75, 3.05) is 17.7 Å². The Bertz CT molecular complexity index is 1140. The van der Waals surface area contributed by atoms with Crippen LogP contribution in [-0.4, -0.2) is 35.2 Å². The van der Waals surface area contributed by atoms with Crippen molar-refractivity contribution in [2.45, 2.75) is 43.3 Å². The number of anilines is 2. The van der Waals surface area contributed by atoms with E-state index in [1.54, 1.807) is 36.4 Å². The molecule has 0 aliphatic heterocycles. The molecule has 2 aromatic carbocycles. The molecule has 3 unspecified atom stereocenters. The van der Waals surface area contributed by atoms with Crippen LogP contribution < -0.4 is 15.4 Å².